The third-order valence-corrected chi connectivity index (χ3v) is 5.55. The van der Waals surface area contributed by atoms with Gasteiger partial charge in [0.15, 0.2) is 6.10 Å². The van der Waals surface area contributed by atoms with Crippen molar-refractivity contribution in [2.75, 3.05) is 13.2 Å². The molecule has 0 unspecified atom stereocenters. The van der Waals surface area contributed by atoms with Crippen molar-refractivity contribution in [2.45, 2.75) is 30.9 Å². The Kier molecular flexibility index (Phi) is 8.61. The molecule has 3 aromatic rings. The Bertz CT molecular complexity index is 1100. The molecule has 1 fully saturated rings. The number of benzene rings is 3. The van der Waals surface area contributed by atoms with Crippen molar-refractivity contribution >= 4 is 12.2 Å². The highest BCUT2D eigenvalue weighted by atomic mass is 16.6. The van der Waals surface area contributed by atoms with Gasteiger partial charge in [-0.05, 0) is 29.8 Å². The van der Waals surface area contributed by atoms with E-state index in [2.05, 4.69) is 10.6 Å². The number of rotatable bonds is 11. The van der Waals surface area contributed by atoms with E-state index in [1.807, 2.05) is 66.7 Å². The summed E-state index contributed by atoms with van der Waals surface area (Å²) >= 11 is 0. The summed E-state index contributed by atoms with van der Waals surface area (Å²) < 4.78 is 22.2. The first-order valence-electron chi connectivity index (χ1n) is 11.6. The summed E-state index contributed by atoms with van der Waals surface area (Å²) in [5.41, 5.74) is 0.817. The van der Waals surface area contributed by atoms with E-state index in [1.165, 1.54) is 0 Å². The van der Waals surface area contributed by atoms with Crippen LogP contribution in [0.3, 0.4) is 0 Å². The van der Waals surface area contributed by atoms with Gasteiger partial charge in [-0.25, -0.2) is 9.59 Å². The molecule has 1 heterocycles. The van der Waals surface area contributed by atoms with Crippen molar-refractivity contribution in [3.63, 3.8) is 0 Å². The standard InChI is InChI=1S/C27H28N2O7/c30-24(25-23(29-27(32)36-25)18-34-21-14-8-3-9-15-21)22(17-33-20-12-6-2-7-13-20)28-26(31)35-16-19-10-4-1-5-11-19/h1-15,22-25,30H,16-18H2,(H,28,31)(H,29,32)/t22-,23-,24+,25+/m0/s1. The minimum absolute atomic E-state index is 0.0577. The molecule has 0 aliphatic carbocycles. The van der Waals surface area contributed by atoms with E-state index in [1.54, 1.807) is 24.3 Å². The van der Waals surface area contributed by atoms with E-state index >= 15 is 0 Å². The van der Waals surface area contributed by atoms with E-state index in [4.69, 9.17) is 18.9 Å². The number of alkyl carbamates (subject to hydrolysis) is 2. The Morgan fingerprint density at radius 2 is 1.50 bits per heavy atom. The zero-order chi connectivity index (χ0) is 25.2. The number of carbonyl (C=O) groups is 2. The number of cyclic esters (lactones) is 1. The quantitative estimate of drug-likeness (QED) is 0.376. The molecule has 0 saturated carbocycles. The van der Waals surface area contributed by atoms with Crippen molar-refractivity contribution in [3.8, 4) is 11.5 Å². The number of aliphatic hydroxyl groups is 1. The molecule has 9 nitrogen and oxygen atoms in total. The second-order valence-electron chi connectivity index (χ2n) is 8.17. The molecule has 1 aliphatic heterocycles. The molecule has 0 spiro atoms. The molecule has 4 atom stereocenters. The van der Waals surface area contributed by atoms with Gasteiger partial charge in [-0.2, -0.15) is 0 Å². The van der Waals surface area contributed by atoms with E-state index < -0.39 is 36.5 Å². The molecule has 0 bridgehead atoms. The van der Waals surface area contributed by atoms with Gasteiger partial charge in [0.1, 0.15) is 43.5 Å². The molecule has 3 N–H and O–H groups in total. The second kappa shape index (κ2) is 12.5. The minimum atomic E-state index is -1.32. The van der Waals surface area contributed by atoms with Crippen LogP contribution < -0.4 is 20.1 Å². The van der Waals surface area contributed by atoms with E-state index in [9.17, 15) is 14.7 Å². The van der Waals surface area contributed by atoms with Crippen molar-refractivity contribution < 1.29 is 33.6 Å². The van der Waals surface area contributed by atoms with Crippen LogP contribution in [0.1, 0.15) is 5.56 Å². The zero-order valence-corrected chi connectivity index (χ0v) is 19.5. The van der Waals surface area contributed by atoms with Crippen molar-refractivity contribution in [1.29, 1.82) is 0 Å². The minimum Gasteiger partial charge on any atom is -0.491 e. The summed E-state index contributed by atoms with van der Waals surface area (Å²) in [6.45, 7) is 0.0245. The van der Waals surface area contributed by atoms with Gasteiger partial charge >= 0.3 is 12.2 Å². The topological polar surface area (TPSA) is 115 Å². The summed E-state index contributed by atoms with van der Waals surface area (Å²) in [6, 6.07) is 25.7. The average molecular weight is 493 g/mol. The van der Waals surface area contributed by atoms with Crippen molar-refractivity contribution in [3.05, 3.63) is 96.6 Å². The molecular weight excluding hydrogens is 464 g/mol. The van der Waals surface area contributed by atoms with E-state index in [-0.39, 0.29) is 19.8 Å². The third kappa shape index (κ3) is 7.13. The fraction of sp³-hybridized carbons (Fsp3) is 0.259. The molecule has 1 aliphatic rings. The average Bonchev–Trinajstić information content (AvgIpc) is 3.30. The van der Waals surface area contributed by atoms with Gasteiger partial charge in [-0.3, -0.25) is 0 Å². The number of hydrogen-bond donors (Lipinski definition) is 3. The molecule has 4 rings (SSSR count). The number of hydrogen-bond acceptors (Lipinski definition) is 7. The lowest BCUT2D eigenvalue weighted by Gasteiger charge is -2.29. The number of amides is 2. The molecule has 0 radical (unpaired) electrons. The highest BCUT2D eigenvalue weighted by molar-refractivity contribution is 5.70. The molecular formula is C27H28N2O7. The first-order valence-corrected chi connectivity index (χ1v) is 11.6. The van der Waals surface area contributed by atoms with E-state index in [0.717, 1.165) is 5.56 Å². The SMILES string of the molecule is O=C(N[C@@H](COc1ccccc1)[C@@H](O)[C@@H]1OC(=O)N[C@H]1COc1ccccc1)OCc1ccccc1. The summed E-state index contributed by atoms with van der Waals surface area (Å²) in [5.74, 6) is 1.16. The van der Waals surface area contributed by atoms with Crippen LogP contribution in [-0.4, -0.2) is 54.8 Å². The van der Waals surface area contributed by atoms with Crippen LogP contribution in [0.4, 0.5) is 9.59 Å². The van der Waals surface area contributed by atoms with Crippen LogP contribution in [0.15, 0.2) is 91.0 Å². The Morgan fingerprint density at radius 1 is 0.917 bits per heavy atom. The lowest BCUT2D eigenvalue weighted by Crippen LogP contribution is -2.55. The van der Waals surface area contributed by atoms with Gasteiger partial charge in [-0.15, -0.1) is 0 Å². The number of nitrogens with one attached hydrogen (secondary N) is 2. The van der Waals surface area contributed by atoms with Crippen molar-refractivity contribution in [2.24, 2.45) is 0 Å². The van der Waals surface area contributed by atoms with Crippen LogP contribution in [0.5, 0.6) is 11.5 Å². The zero-order valence-electron chi connectivity index (χ0n) is 19.5. The van der Waals surface area contributed by atoms with Gasteiger partial charge in [0, 0.05) is 0 Å². The molecule has 9 heteroatoms. The molecule has 1 saturated heterocycles. The maximum Gasteiger partial charge on any atom is 0.408 e. The van der Waals surface area contributed by atoms with Gasteiger partial charge in [0.05, 0.1) is 6.04 Å². The Balaban J connectivity index is 1.42. The summed E-state index contributed by atoms with van der Waals surface area (Å²) in [6.07, 6.45) is -3.75. The summed E-state index contributed by atoms with van der Waals surface area (Å²) in [4.78, 5) is 24.6. The first kappa shape index (κ1) is 24.9. The normalized spacial score (nSPS) is 18.3. The number of aliphatic hydroxyl groups excluding tert-OH is 1. The monoisotopic (exact) mass is 492 g/mol. The van der Waals surface area contributed by atoms with Crippen LogP contribution in [0, 0.1) is 0 Å². The highest BCUT2D eigenvalue weighted by Gasteiger charge is 2.43. The van der Waals surface area contributed by atoms with E-state index in [0.29, 0.717) is 11.5 Å². The maximum atomic E-state index is 12.6. The smallest absolute Gasteiger partial charge is 0.408 e. The molecule has 188 valence electrons. The summed E-state index contributed by atoms with van der Waals surface area (Å²) in [7, 11) is 0. The maximum absolute atomic E-state index is 12.6. The highest BCUT2D eigenvalue weighted by Crippen LogP contribution is 2.19. The van der Waals surface area contributed by atoms with Gasteiger partial charge < -0.3 is 34.7 Å². The lowest BCUT2D eigenvalue weighted by molar-refractivity contribution is -0.0174. The van der Waals surface area contributed by atoms with Crippen LogP contribution in [0.25, 0.3) is 0 Å². The van der Waals surface area contributed by atoms with Gasteiger partial charge in [-0.1, -0.05) is 66.7 Å². The second-order valence-corrected chi connectivity index (χ2v) is 8.17. The van der Waals surface area contributed by atoms with Crippen LogP contribution in [0.2, 0.25) is 0 Å². The predicted octanol–water partition coefficient (Wildman–Crippen LogP) is 3.28. The van der Waals surface area contributed by atoms with Crippen LogP contribution in [-0.2, 0) is 16.1 Å². The summed E-state index contributed by atoms with van der Waals surface area (Å²) in [5, 5.41) is 16.5. The Morgan fingerprint density at radius 3 is 2.14 bits per heavy atom. The molecule has 2 amide bonds. The Hall–Kier alpha value is -4.24. The fourth-order valence-corrected chi connectivity index (χ4v) is 3.69. The van der Waals surface area contributed by atoms with Crippen molar-refractivity contribution in [1.82, 2.24) is 10.6 Å². The molecule has 3 aromatic carbocycles. The van der Waals surface area contributed by atoms with Gasteiger partial charge in [0.2, 0.25) is 0 Å². The third-order valence-electron chi connectivity index (χ3n) is 5.55. The lowest BCUT2D eigenvalue weighted by atomic mass is 10.0. The van der Waals surface area contributed by atoms with Crippen LogP contribution >= 0.6 is 0 Å². The Labute approximate surface area is 208 Å². The molecule has 0 aromatic heterocycles. The number of carbonyl (C=O) groups excluding carboxylic acids is 2. The fourth-order valence-electron chi connectivity index (χ4n) is 3.69. The molecule has 36 heavy (non-hydrogen) atoms. The predicted molar refractivity (Wildman–Crippen MR) is 131 cm³/mol. The number of para-hydroxylation sites is 2. The largest absolute Gasteiger partial charge is 0.491 e. The van der Waals surface area contributed by atoms with Gasteiger partial charge in [0.25, 0.3) is 0 Å². The number of ether oxygens (including phenoxy) is 4. The first-order chi connectivity index (χ1) is 17.6.